The highest BCUT2D eigenvalue weighted by molar-refractivity contribution is 6.29. The number of anilines is 1. The molecule has 2 rings (SSSR count). The maximum atomic E-state index is 12.7. The molecular formula is C14H13ClFN3O. The standard InChI is InChI=1S/C14H13ClFN3O/c1-2-3-11-6-9(7-12(15)18-11)14(20)19-13-5-4-10(16)8-17-13/h4-8H,2-3H2,1H3,(H,17,19,20). The van der Waals surface area contributed by atoms with Crippen molar-refractivity contribution in [3.05, 3.63) is 52.7 Å². The number of nitrogens with zero attached hydrogens (tertiary/aromatic N) is 2. The summed E-state index contributed by atoms with van der Waals surface area (Å²) in [7, 11) is 0. The third-order valence-corrected chi connectivity index (χ3v) is 2.78. The number of carbonyl (C=O) groups is 1. The van der Waals surface area contributed by atoms with Crippen molar-refractivity contribution < 1.29 is 9.18 Å². The lowest BCUT2D eigenvalue weighted by molar-refractivity contribution is 0.102. The Labute approximate surface area is 121 Å². The van der Waals surface area contributed by atoms with Crippen LogP contribution in [-0.2, 0) is 6.42 Å². The fraction of sp³-hybridized carbons (Fsp3) is 0.214. The number of rotatable bonds is 4. The van der Waals surface area contributed by atoms with Gasteiger partial charge in [0.1, 0.15) is 16.8 Å². The summed E-state index contributed by atoms with van der Waals surface area (Å²) in [5, 5.41) is 2.85. The van der Waals surface area contributed by atoms with E-state index in [0.29, 0.717) is 5.56 Å². The van der Waals surface area contributed by atoms with Crippen LogP contribution in [0.4, 0.5) is 10.2 Å². The van der Waals surface area contributed by atoms with Gasteiger partial charge in [0.2, 0.25) is 0 Å². The Bertz CT molecular complexity index is 616. The molecule has 20 heavy (non-hydrogen) atoms. The van der Waals surface area contributed by atoms with Gasteiger partial charge in [0.25, 0.3) is 5.91 Å². The summed E-state index contributed by atoms with van der Waals surface area (Å²) in [5.74, 6) is -0.535. The minimum Gasteiger partial charge on any atom is -0.307 e. The quantitative estimate of drug-likeness (QED) is 0.878. The molecule has 0 unspecified atom stereocenters. The Morgan fingerprint density at radius 3 is 2.85 bits per heavy atom. The number of hydrogen-bond donors (Lipinski definition) is 1. The van der Waals surface area contributed by atoms with Crippen LogP contribution in [0.1, 0.15) is 29.4 Å². The van der Waals surface area contributed by atoms with Crippen molar-refractivity contribution in [1.82, 2.24) is 9.97 Å². The Morgan fingerprint density at radius 1 is 1.40 bits per heavy atom. The molecule has 2 heterocycles. The number of amides is 1. The molecule has 0 atom stereocenters. The van der Waals surface area contributed by atoms with Crippen LogP contribution < -0.4 is 5.32 Å². The topological polar surface area (TPSA) is 54.9 Å². The molecule has 1 N–H and O–H groups in total. The van der Waals surface area contributed by atoms with Crippen molar-refractivity contribution in [2.75, 3.05) is 5.32 Å². The fourth-order valence-corrected chi connectivity index (χ4v) is 1.93. The number of pyridine rings is 2. The zero-order valence-corrected chi connectivity index (χ0v) is 11.6. The molecule has 6 heteroatoms. The van der Waals surface area contributed by atoms with E-state index < -0.39 is 5.82 Å². The zero-order valence-electron chi connectivity index (χ0n) is 10.9. The summed E-state index contributed by atoms with van der Waals surface area (Å²) in [5.41, 5.74) is 1.16. The van der Waals surface area contributed by atoms with E-state index in [1.165, 1.54) is 18.2 Å². The minimum atomic E-state index is -0.458. The Kier molecular flexibility index (Phi) is 4.63. The lowest BCUT2D eigenvalue weighted by Crippen LogP contribution is -2.13. The minimum absolute atomic E-state index is 0.271. The third kappa shape index (κ3) is 3.74. The molecule has 0 aliphatic carbocycles. The first-order chi connectivity index (χ1) is 9.58. The van der Waals surface area contributed by atoms with Gasteiger partial charge in [-0.05, 0) is 30.7 Å². The Hall–Kier alpha value is -2.01. The predicted octanol–water partition coefficient (Wildman–Crippen LogP) is 3.47. The molecule has 0 bridgehead atoms. The van der Waals surface area contributed by atoms with Crippen molar-refractivity contribution in [3.8, 4) is 0 Å². The molecule has 0 saturated carbocycles. The van der Waals surface area contributed by atoms with E-state index in [9.17, 15) is 9.18 Å². The maximum Gasteiger partial charge on any atom is 0.256 e. The van der Waals surface area contributed by atoms with Crippen LogP contribution in [0.25, 0.3) is 0 Å². The van der Waals surface area contributed by atoms with E-state index in [1.807, 2.05) is 6.92 Å². The zero-order chi connectivity index (χ0) is 14.5. The molecule has 0 aliphatic heterocycles. The van der Waals surface area contributed by atoms with Gasteiger partial charge < -0.3 is 5.32 Å². The first-order valence-electron chi connectivity index (χ1n) is 6.18. The van der Waals surface area contributed by atoms with E-state index in [1.54, 1.807) is 6.07 Å². The van der Waals surface area contributed by atoms with Gasteiger partial charge in [0.15, 0.2) is 0 Å². The molecule has 104 valence electrons. The maximum absolute atomic E-state index is 12.7. The van der Waals surface area contributed by atoms with Gasteiger partial charge in [-0.1, -0.05) is 24.9 Å². The van der Waals surface area contributed by atoms with Crippen molar-refractivity contribution in [2.24, 2.45) is 0 Å². The molecule has 4 nitrogen and oxygen atoms in total. The van der Waals surface area contributed by atoms with Crippen LogP contribution >= 0.6 is 11.6 Å². The van der Waals surface area contributed by atoms with Crippen LogP contribution in [0.15, 0.2) is 30.5 Å². The second-order valence-corrected chi connectivity index (χ2v) is 4.62. The number of halogens is 2. The summed E-state index contributed by atoms with van der Waals surface area (Å²) >= 11 is 5.90. The third-order valence-electron chi connectivity index (χ3n) is 2.58. The molecule has 1 amide bonds. The van der Waals surface area contributed by atoms with Gasteiger partial charge in [-0.3, -0.25) is 4.79 Å². The van der Waals surface area contributed by atoms with Gasteiger partial charge in [-0.2, -0.15) is 0 Å². The highest BCUT2D eigenvalue weighted by atomic mass is 35.5. The first-order valence-corrected chi connectivity index (χ1v) is 6.55. The van der Waals surface area contributed by atoms with Crippen molar-refractivity contribution in [3.63, 3.8) is 0 Å². The van der Waals surface area contributed by atoms with E-state index in [-0.39, 0.29) is 16.9 Å². The first kappa shape index (κ1) is 14.4. The molecule has 0 saturated heterocycles. The van der Waals surface area contributed by atoms with Crippen molar-refractivity contribution >= 4 is 23.3 Å². The molecule has 2 aromatic rings. The number of carbonyl (C=O) groups excluding carboxylic acids is 1. The monoisotopic (exact) mass is 293 g/mol. The van der Waals surface area contributed by atoms with E-state index in [0.717, 1.165) is 24.7 Å². The summed E-state index contributed by atoms with van der Waals surface area (Å²) in [4.78, 5) is 20.0. The molecule has 2 aromatic heterocycles. The average Bonchev–Trinajstić information content (AvgIpc) is 2.41. The van der Waals surface area contributed by atoms with E-state index in [2.05, 4.69) is 15.3 Å². The van der Waals surface area contributed by atoms with Gasteiger partial charge in [0.05, 0.1) is 6.20 Å². The van der Waals surface area contributed by atoms with Crippen molar-refractivity contribution in [1.29, 1.82) is 0 Å². The highest BCUT2D eigenvalue weighted by Crippen LogP contribution is 2.14. The summed E-state index contributed by atoms with van der Waals surface area (Å²) in [6.45, 7) is 2.02. The van der Waals surface area contributed by atoms with Crippen LogP contribution in [0.2, 0.25) is 5.15 Å². The van der Waals surface area contributed by atoms with E-state index >= 15 is 0 Å². The van der Waals surface area contributed by atoms with E-state index in [4.69, 9.17) is 11.6 Å². The molecule has 0 radical (unpaired) electrons. The molecular weight excluding hydrogens is 281 g/mol. The number of aryl methyl sites for hydroxylation is 1. The summed E-state index contributed by atoms with van der Waals surface area (Å²) in [6, 6.07) is 5.79. The van der Waals surface area contributed by atoms with Crippen LogP contribution in [0.5, 0.6) is 0 Å². The Morgan fingerprint density at radius 2 is 2.20 bits per heavy atom. The Balaban J connectivity index is 2.18. The second-order valence-electron chi connectivity index (χ2n) is 4.24. The van der Waals surface area contributed by atoms with Gasteiger partial charge in [0, 0.05) is 11.3 Å². The fourth-order valence-electron chi connectivity index (χ4n) is 1.70. The van der Waals surface area contributed by atoms with Gasteiger partial charge in [-0.15, -0.1) is 0 Å². The molecule has 0 aliphatic rings. The van der Waals surface area contributed by atoms with Gasteiger partial charge in [-0.25, -0.2) is 14.4 Å². The van der Waals surface area contributed by atoms with Crippen LogP contribution in [0, 0.1) is 5.82 Å². The SMILES string of the molecule is CCCc1cc(C(=O)Nc2ccc(F)cn2)cc(Cl)n1. The molecule has 0 spiro atoms. The lowest BCUT2D eigenvalue weighted by atomic mass is 10.1. The second kappa shape index (κ2) is 6.43. The van der Waals surface area contributed by atoms with Crippen molar-refractivity contribution in [2.45, 2.75) is 19.8 Å². The molecule has 0 fully saturated rings. The average molecular weight is 294 g/mol. The summed E-state index contributed by atoms with van der Waals surface area (Å²) < 4.78 is 12.7. The number of nitrogens with one attached hydrogen (secondary N) is 1. The van der Waals surface area contributed by atoms with Gasteiger partial charge >= 0.3 is 0 Å². The summed E-state index contributed by atoms with van der Waals surface area (Å²) in [6.07, 6.45) is 2.70. The van der Waals surface area contributed by atoms with Crippen LogP contribution in [0.3, 0.4) is 0 Å². The predicted molar refractivity (Wildman–Crippen MR) is 75.4 cm³/mol. The number of hydrogen-bond acceptors (Lipinski definition) is 3. The largest absolute Gasteiger partial charge is 0.307 e. The smallest absolute Gasteiger partial charge is 0.256 e. The lowest BCUT2D eigenvalue weighted by Gasteiger charge is -2.06. The molecule has 0 aromatic carbocycles. The van der Waals surface area contributed by atoms with Crippen LogP contribution in [-0.4, -0.2) is 15.9 Å². The number of aromatic nitrogens is 2. The highest BCUT2D eigenvalue weighted by Gasteiger charge is 2.10. The normalized spacial score (nSPS) is 10.3.